The molecule has 0 aliphatic rings. The van der Waals surface area contributed by atoms with Gasteiger partial charge < -0.3 is 14.4 Å². The highest BCUT2D eigenvalue weighted by molar-refractivity contribution is 7.13. The van der Waals surface area contributed by atoms with Gasteiger partial charge in [-0.15, -0.1) is 11.3 Å². The van der Waals surface area contributed by atoms with Crippen LogP contribution in [0.2, 0.25) is 0 Å². The second-order valence-corrected chi connectivity index (χ2v) is 4.98. The Morgan fingerprint density at radius 2 is 2.05 bits per heavy atom. The molecule has 3 rings (SSSR count). The lowest BCUT2D eigenvalue weighted by molar-refractivity contribution is 0.315. The fourth-order valence-electron chi connectivity index (χ4n) is 1.69. The number of para-hydroxylation sites is 1. The Balaban J connectivity index is 1.59. The number of hydrogen-bond acceptors (Lipinski definition) is 6. The van der Waals surface area contributed by atoms with E-state index < -0.39 is 0 Å². The maximum Gasteiger partial charge on any atom is 0.271 e. The van der Waals surface area contributed by atoms with Crippen molar-refractivity contribution in [3.63, 3.8) is 0 Å². The number of ether oxygens (including phenoxy) is 1. The van der Waals surface area contributed by atoms with Crippen LogP contribution >= 0.6 is 11.3 Å². The van der Waals surface area contributed by atoms with E-state index in [-0.39, 0.29) is 5.75 Å². The maximum atomic E-state index is 9.60. The SMILES string of the molecule is Oc1ccsc1-c1nc(CCOc2ccccc2)no1. The minimum atomic E-state index is 0.158. The molecule has 1 aromatic carbocycles. The number of rotatable bonds is 5. The molecule has 6 heteroatoms. The summed E-state index contributed by atoms with van der Waals surface area (Å²) in [6.07, 6.45) is 0.546. The van der Waals surface area contributed by atoms with E-state index in [1.54, 1.807) is 11.4 Å². The third kappa shape index (κ3) is 2.80. The van der Waals surface area contributed by atoms with E-state index in [1.807, 2.05) is 30.3 Å². The van der Waals surface area contributed by atoms with E-state index in [2.05, 4.69) is 10.1 Å². The van der Waals surface area contributed by atoms with Crippen LogP contribution in [0.4, 0.5) is 0 Å². The Bertz CT molecular complexity index is 679. The lowest BCUT2D eigenvalue weighted by Crippen LogP contribution is -2.02. The minimum Gasteiger partial charge on any atom is -0.506 e. The summed E-state index contributed by atoms with van der Waals surface area (Å²) in [5.74, 6) is 1.87. The number of thiophene rings is 1. The van der Waals surface area contributed by atoms with Crippen LogP contribution in [-0.2, 0) is 6.42 Å². The van der Waals surface area contributed by atoms with Crippen molar-refractivity contribution in [2.45, 2.75) is 6.42 Å². The average Bonchev–Trinajstić information content (AvgIpc) is 3.09. The van der Waals surface area contributed by atoms with Crippen molar-refractivity contribution in [2.75, 3.05) is 6.61 Å². The number of hydrogen-bond donors (Lipinski definition) is 1. The van der Waals surface area contributed by atoms with E-state index in [0.717, 1.165) is 5.75 Å². The van der Waals surface area contributed by atoms with Crippen molar-refractivity contribution in [1.82, 2.24) is 10.1 Å². The van der Waals surface area contributed by atoms with Crippen LogP contribution in [0.1, 0.15) is 5.82 Å². The maximum absolute atomic E-state index is 9.60. The first kappa shape index (κ1) is 12.7. The standard InChI is InChI=1S/C14H12N2O3S/c17-11-7-9-20-13(11)14-15-12(16-19-14)6-8-18-10-4-2-1-3-5-10/h1-5,7,9,17H,6,8H2. The van der Waals surface area contributed by atoms with E-state index in [9.17, 15) is 5.11 Å². The Hall–Kier alpha value is -2.34. The molecule has 1 N–H and O–H groups in total. The highest BCUT2D eigenvalue weighted by atomic mass is 32.1. The van der Waals surface area contributed by atoms with Gasteiger partial charge in [0.2, 0.25) is 0 Å². The monoisotopic (exact) mass is 288 g/mol. The van der Waals surface area contributed by atoms with Gasteiger partial charge >= 0.3 is 0 Å². The van der Waals surface area contributed by atoms with Crippen LogP contribution < -0.4 is 4.74 Å². The van der Waals surface area contributed by atoms with Gasteiger partial charge in [0.1, 0.15) is 16.4 Å². The van der Waals surface area contributed by atoms with Crippen molar-refractivity contribution in [3.05, 3.63) is 47.6 Å². The molecule has 3 aromatic rings. The normalized spacial score (nSPS) is 10.6. The first-order valence-electron chi connectivity index (χ1n) is 6.10. The zero-order chi connectivity index (χ0) is 13.8. The summed E-state index contributed by atoms with van der Waals surface area (Å²) in [7, 11) is 0. The fourth-order valence-corrected chi connectivity index (χ4v) is 2.39. The molecule has 0 spiro atoms. The molecule has 2 aromatic heterocycles. The zero-order valence-corrected chi connectivity index (χ0v) is 11.3. The van der Waals surface area contributed by atoms with Gasteiger partial charge in [-0.25, -0.2) is 0 Å². The minimum absolute atomic E-state index is 0.158. The Morgan fingerprint density at radius 3 is 2.80 bits per heavy atom. The molecule has 2 heterocycles. The molecule has 5 nitrogen and oxygen atoms in total. The van der Waals surface area contributed by atoms with Gasteiger partial charge in [0.25, 0.3) is 5.89 Å². The number of aromatic nitrogens is 2. The summed E-state index contributed by atoms with van der Waals surface area (Å²) in [4.78, 5) is 4.83. The van der Waals surface area contributed by atoms with Gasteiger partial charge in [-0.1, -0.05) is 23.4 Å². The summed E-state index contributed by atoms with van der Waals surface area (Å²) in [6.45, 7) is 0.472. The van der Waals surface area contributed by atoms with Crippen LogP contribution in [-0.4, -0.2) is 21.9 Å². The average molecular weight is 288 g/mol. The van der Waals surface area contributed by atoms with Gasteiger partial charge in [-0.05, 0) is 23.6 Å². The number of aromatic hydroxyl groups is 1. The molecule has 0 aliphatic heterocycles. The molecule has 0 saturated carbocycles. The predicted molar refractivity (Wildman–Crippen MR) is 74.9 cm³/mol. The molecular weight excluding hydrogens is 276 g/mol. The van der Waals surface area contributed by atoms with Crippen molar-refractivity contribution < 1.29 is 14.4 Å². The predicted octanol–water partition coefficient (Wildman–Crippen LogP) is 3.13. The summed E-state index contributed by atoms with van der Waals surface area (Å²) in [5, 5.41) is 15.2. The van der Waals surface area contributed by atoms with Crippen molar-refractivity contribution in [3.8, 4) is 22.3 Å². The summed E-state index contributed by atoms with van der Waals surface area (Å²) < 4.78 is 10.7. The van der Waals surface area contributed by atoms with E-state index in [0.29, 0.717) is 29.6 Å². The van der Waals surface area contributed by atoms with Crippen molar-refractivity contribution >= 4 is 11.3 Å². The molecule has 0 amide bonds. The Labute approximate surface area is 119 Å². The molecule has 102 valence electrons. The molecule has 0 bridgehead atoms. The van der Waals surface area contributed by atoms with Crippen LogP contribution in [0.3, 0.4) is 0 Å². The number of benzene rings is 1. The van der Waals surface area contributed by atoms with Crippen LogP contribution in [0, 0.1) is 0 Å². The largest absolute Gasteiger partial charge is 0.506 e. The third-order valence-corrected chi connectivity index (χ3v) is 3.54. The summed E-state index contributed by atoms with van der Waals surface area (Å²) >= 11 is 1.36. The Kier molecular flexibility index (Phi) is 3.64. The highest BCUT2D eigenvalue weighted by Crippen LogP contribution is 2.33. The lowest BCUT2D eigenvalue weighted by Gasteiger charge is -2.02. The Morgan fingerprint density at radius 1 is 1.20 bits per heavy atom. The summed E-state index contributed by atoms with van der Waals surface area (Å²) in [6, 6.07) is 11.2. The van der Waals surface area contributed by atoms with Crippen LogP contribution in [0.25, 0.3) is 10.8 Å². The topological polar surface area (TPSA) is 68.4 Å². The molecule has 0 unspecified atom stereocenters. The second-order valence-electron chi connectivity index (χ2n) is 4.06. The van der Waals surface area contributed by atoms with Gasteiger partial charge in [-0.3, -0.25) is 0 Å². The molecule has 20 heavy (non-hydrogen) atoms. The molecule has 0 atom stereocenters. The quantitative estimate of drug-likeness (QED) is 0.781. The molecule has 0 saturated heterocycles. The molecule has 0 radical (unpaired) electrons. The fraction of sp³-hybridized carbons (Fsp3) is 0.143. The van der Waals surface area contributed by atoms with Crippen LogP contribution in [0.15, 0.2) is 46.3 Å². The molecule has 0 fully saturated rings. The second kappa shape index (κ2) is 5.75. The van der Waals surface area contributed by atoms with Gasteiger partial charge in [0, 0.05) is 6.42 Å². The first-order chi connectivity index (χ1) is 9.83. The van der Waals surface area contributed by atoms with Gasteiger partial charge in [0.05, 0.1) is 6.61 Å². The van der Waals surface area contributed by atoms with Crippen molar-refractivity contribution in [1.29, 1.82) is 0 Å². The van der Waals surface area contributed by atoms with Gasteiger partial charge in [-0.2, -0.15) is 4.98 Å². The van der Waals surface area contributed by atoms with E-state index in [4.69, 9.17) is 9.26 Å². The van der Waals surface area contributed by atoms with E-state index in [1.165, 1.54) is 11.3 Å². The molecular formula is C14H12N2O3S. The van der Waals surface area contributed by atoms with Gasteiger partial charge in [0.15, 0.2) is 5.82 Å². The zero-order valence-electron chi connectivity index (χ0n) is 10.5. The lowest BCUT2D eigenvalue weighted by atomic mass is 10.3. The first-order valence-corrected chi connectivity index (χ1v) is 6.98. The highest BCUT2D eigenvalue weighted by Gasteiger charge is 2.14. The third-order valence-electron chi connectivity index (χ3n) is 2.64. The van der Waals surface area contributed by atoms with Crippen LogP contribution in [0.5, 0.6) is 11.5 Å². The summed E-state index contributed by atoms with van der Waals surface area (Å²) in [5.41, 5.74) is 0. The smallest absolute Gasteiger partial charge is 0.271 e. The van der Waals surface area contributed by atoms with E-state index >= 15 is 0 Å². The van der Waals surface area contributed by atoms with Crippen molar-refractivity contribution in [2.24, 2.45) is 0 Å². The molecule has 0 aliphatic carbocycles. The number of nitrogens with zero attached hydrogens (tertiary/aromatic N) is 2.